The van der Waals surface area contributed by atoms with Gasteiger partial charge in [-0.05, 0) is 37.8 Å². The highest BCUT2D eigenvalue weighted by Crippen LogP contribution is 2.32. The van der Waals surface area contributed by atoms with Crippen molar-refractivity contribution in [1.29, 1.82) is 0 Å². The van der Waals surface area contributed by atoms with E-state index in [0.717, 1.165) is 24.0 Å². The minimum Gasteiger partial charge on any atom is -0.493 e. The van der Waals surface area contributed by atoms with Crippen molar-refractivity contribution in [3.8, 4) is 11.5 Å². The van der Waals surface area contributed by atoms with Crippen LogP contribution in [0.2, 0.25) is 0 Å². The SMILES string of the molecule is COc1ccccc1OCCNC(C)C1CC1. The average Bonchev–Trinajstić information content (AvgIpc) is 3.19. The molecular weight excluding hydrogens is 214 g/mol. The van der Waals surface area contributed by atoms with Crippen LogP contribution in [0, 0.1) is 5.92 Å². The highest BCUT2D eigenvalue weighted by atomic mass is 16.5. The Hall–Kier alpha value is -1.22. The summed E-state index contributed by atoms with van der Waals surface area (Å²) in [7, 11) is 1.66. The van der Waals surface area contributed by atoms with E-state index >= 15 is 0 Å². The van der Waals surface area contributed by atoms with Crippen molar-refractivity contribution in [3.05, 3.63) is 24.3 Å². The van der Waals surface area contributed by atoms with Crippen molar-refractivity contribution in [2.75, 3.05) is 20.3 Å². The highest BCUT2D eigenvalue weighted by molar-refractivity contribution is 5.39. The maximum atomic E-state index is 5.69. The first-order valence-corrected chi connectivity index (χ1v) is 6.30. The first-order valence-electron chi connectivity index (χ1n) is 6.30. The molecule has 0 amide bonds. The van der Waals surface area contributed by atoms with Crippen molar-refractivity contribution in [3.63, 3.8) is 0 Å². The third-order valence-corrected chi connectivity index (χ3v) is 3.22. The summed E-state index contributed by atoms with van der Waals surface area (Å²) in [5, 5.41) is 3.49. The van der Waals surface area contributed by atoms with Crippen LogP contribution in [0.25, 0.3) is 0 Å². The summed E-state index contributed by atoms with van der Waals surface area (Å²) >= 11 is 0. The molecule has 1 unspecified atom stereocenters. The lowest BCUT2D eigenvalue weighted by Crippen LogP contribution is -2.31. The quantitative estimate of drug-likeness (QED) is 0.736. The van der Waals surface area contributed by atoms with Crippen LogP contribution < -0.4 is 14.8 Å². The second-order valence-electron chi connectivity index (χ2n) is 4.58. The number of methoxy groups -OCH3 is 1. The summed E-state index contributed by atoms with van der Waals surface area (Å²) in [6.45, 7) is 3.81. The Morgan fingerprint density at radius 3 is 2.65 bits per heavy atom. The minimum atomic E-state index is 0.622. The molecule has 1 N–H and O–H groups in total. The Morgan fingerprint density at radius 1 is 1.29 bits per heavy atom. The van der Waals surface area contributed by atoms with Gasteiger partial charge >= 0.3 is 0 Å². The van der Waals surface area contributed by atoms with Crippen molar-refractivity contribution >= 4 is 0 Å². The third kappa shape index (κ3) is 3.63. The molecule has 1 atom stereocenters. The largest absolute Gasteiger partial charge is 0.493 e. The number of ether oxygens (including phenoxy) is 2. The molecule has 94 valence electrons. The third-order valence-electron chi connectivity index (χ3n) is 3.22. The standard InChI is InChI=1S/C14H21NO2/c1-11(12-7-8-12)15-9-10-17-14-6-4-3-5-13(14)16-2/h3-6,11-12,15H,7-10H2,1-2H3. The van der Waals surface area contributed by atoms with Gasteiger partial charge in [0.2, 0.25) is 0 Å². The molecule has 2 rings (SSSR count). The van der Waals surface area contributed by atoms with Crippen molar-refractivity contribution in [2.24, 2.45) is 5.92 Å². The van der Waals surface area contributed by atoms with Crippen LogP contribution >= 0.6 is 0 Å². The Kier molecular flexibility index (Phi) is 4.26. The van der Waals surface area contributed by atoms with Gasteiger partial charge in [-0.15, -0.1) is 0 Å². The van der Waals surface area contributed by atoms with Crippen molar-refractivity contribution in [2.45, 2.75) is 25.8 Å². The smallest absolute Gasteiger partial charge is 0.161 e. The molecule has 0 bridgehead atoms. The predicted molar refractivity (Wildman–Crippen MR) is 68.7 cm³/mol. The zero-order valence-corrected chi connectivity index (χ0v) is 10.6. The average molecular weight is 235 g/mol. The molecule has 0 aliphatic heterocycles. The molecule has 17 heavy (non-hydrogen) atoms. The van der Waals surface area contributed by atoms with Gasteiger partial charge in [-0.2, -0.15) is 0 Å². The van der Waals surface area contributed by atoms with E-state index in [9.17, 15) is 0 Å². The molecule has 3 heteroatoms. The summed E-state index contributed by atoms with van der Waals surface area (Å²) in [6, 6.07) is 8.37. The van der Waals surface area contributed by atoms with E-state index in [2.05, 4.69) is 12.2 Å². The fraction of sp³-hybridized carbons (Fsp3) is 0.571. The Labute approximate surface area is 103 Å². The number of benzene rings is 1. The Bertz CT molecular complexity index is 350. The van der Waals surface area contributed by atoms with Gasteiger partial charge in [-0.3, -0.25) is 0 Å². The van der Waals surface area contributed by atoms with Crippen molar-refractivity contribution in [1.82, 2.24) is 5.32 Å². The van der Waals surface area contributed by atoms with Crippen LogP contribution in [0.5, 0.6) is 11.5 Å². The van der Waals surface area contributed by atoms with Crippen LogP contribution in [0.1, 0.15) is 19.8 Å². The fourth-order valence-corrected chi connectivity index (χ4v) is 1.95. The topological polar surface area (TPSA) is 30.5 Å². The summed E-state index contributed by atoms with van der Waals surface area (Å²) < 4.78 is 10.9. The monoisotopic (exact) mass is 235 g/mol. The van der Waals surface area contributed by atoms with E-state index in [1.807, 2.05) is 24.3 Å². The van der Waals surface area contributed by atoms with Crippen LogP contribution in [0.4, 0.5) is 0 Å². The number of para-hydroxylation sites is 2. The summed E-state index contributed by atoms with van der Waals surface area (Å²) in [5.74, 6) is 2.50. The minimum absolute atomic E-state index is 0.622. The molecule has 1 saturated carbocycles. The van der Waals surface area contributed by atoms with E-state index in [1.165, 1.54) is 12.8 Å². The second-order valence-corrected chi connectivity index (χ2v) is 4.58. The number of nitrogens with one attached hydrogen (secondary N) is 1. The zero-order chi connectivity index (χ0) is 12.1. The molecular formula is C14H21NO2. The first kappa shape index (κ1) is 12.2. The van der Waals surface area contributed by atoms with Gasteiger partial charge < -0.3 is 14.8 Å². The molecule has 0 aromatic heterocycles. The molecule has 0 heterocycles. The van der Waals surface area contributed by atoms with Gasteiger partial charge in [0.1, 0.15) is 6.61 Å². The molecule has 1 aromatic carbocycles. The van der Waals surface area contributed by atoms with Crippen LogP contribution in [-0.2, 0) is 0 Å². The van der Waals surface area contributed by atoms with Gasteiger partial charge in [0.25, 0.3) is 0 Å². The maximum Gasteiger partial charge on any atom is 0.161 e. The molecule has 0 saturated heterocycles. The number of rotatable bonds is 7. The molecule has 1 fully saturated rings. The maximum absolute atomic E-state index is 5.69. The van der Waals surface area contributed by atoms with Gasteiger partial charge in [0.15, 0.2) is 11.5 Å². The van der Waals surface area contributed by atoms with Gasteiger partial charge in [0, 0.05) is 12.6 Å². The lowest BCUT2D eigenvalue weighted by Gasteiger charge is -2.14. The first-order chi connectivity index (χ1) is 8.31. The fourth-order valence-electron chi connectivity index (χ4n) is 1.95. The van der Waals surface area contributed by atoms with E-state index in [4.69, 9.17) is 9.47 Å². The van der Waals surface area contributed by atoms with Crippen LogP contribution in [0.15, 0.2) is 24.3 Å². The second kappa shape index (κ2) is 5.92. The molecule has 1 aliphatic carbocycles. The van der Waals surface area contributed by atoms with Crippen LogP contribution in [-0.4, -0.2) is 26.3 Å². The van der Waals surface area contributed by atoms with Gasteiger partial charge in [-0.25, -0.2) is 0 Å². The molecule has 0 radical (unpaired) electrons. The van der Waals surface area contributed by atoms with Crippen molar-refractivity contribution < 1.29 is 9.47 Å². The van der Waals surface area contributed by atoms with E-state index in [1.54, 1.807) is 7.11 Å². The lowest BCUT2D eigenvalue weighted by molar-refractivity contribution is 0.285. The molecule has 0 spiro atoms. The molecule has 3 nitrogen and oxygen atoms in total. The van der Waals surface area contributed by atoms with Gasteiger partial charge in [0.05, 0.1) is 7.11 Å². The number of hydrogen-bond donors (Lipinski definition) is 1. The Morgan fingerprint density at radius 2 is 2.00 bits per heavy atom. The summed E-state index contributed by atoms with van der Waals surface area (Å²) in [4.78, 5) is 0. The predicted octanol–water partition coefficient (Wildman–Crippen LogP) is 2.46. The highest BCUT2D eigenvalue weighted by Gasteiger charge is 2.27. The normalized spacial score (nSPS) is 16.6. The lowest BCUT2D eigenvalue weighted by atomic mass is 10.2. The zero-order valence-electron chi connectivity index (χ0n) is 10.6. The van der Waals surface area contributed by atoms with Gasteiger partial charge in [-0.1, -0.05) is 12.1 Å². The molecule has 1 aromatic rings. The van der Waals surface area contributed by atoms with E-state index in [0.29, 0.717) is 12.6 Å². The Balaban J connectivity index is 1.70. The summed E-state index contributed by atoms with van der Waals surface area (Å²) in [5.41, 5.74) is 0. The van der Waals surface area contributed by atoms with E-state index < -0.39 is 0 Å². The number of hydrogen-bond acceptors (Lipinski definition) is 3. The van der Waals surface area contributed by atoms with E-state index in [-0.39, 0.29) is 0 Å². The molecule has 1 aliphatic rings. The van der Waals surface area contributed by atoms with Crippen LogP contribution in [0.3, 0.4) is 0 Å². The summed E-state index contributed by atoms with van der Waals surface area (Å²) in [6.07, 6.45) is 2.75.